The Hall–Kier alpha value is -11.4. The van der Waals surface area contributed by atoms with Crippen molar-refractivity contribution in [1.29, 1.82) is 0 Å². The van der Waals surface area contributed by atoms with Crippen molar-refractivity contribution in [2.24, 2.45) is 0 Å². The molecule has 0 aliphatic heterocycles. The fourth-order valence-corrected chi connectivity index (χ4v) is 12.4. The molecule has 586 valence electrons. The van der Waals surface area contributed by atoms with E-state index in [2.05, 4.69) is 81.4 Å². The highest BCUT2D eigenvalue weighted by Gasteiger charge is 2.19. The van der Waals surface area contributed by atoms with Crippen LogP contribution in [0.5, 0.6) is 40.2 Å². The van der Waals surface area contributed by atoms with Crippen LogP contribution in [0, 0.1) is 0 Å². The van der Waals surface area contributed by atoms with Gasteiger partial charge in [-0.3, -0.25) is 0 Å². The highest BCUT2D eigenvalue weighted by atomic mass is 32.2. The van der Waals surface area contributed by atoms with E-state index in [0.29, 0.717) is 35.4 Å². The summed E-state index contributed by atoms with van der Waals surface area (Å²) in [5.41, 5.74) is 0. The van der Waals surface area contributed by atoms with Gasteiger partial charge in [0.05, 0.1) is 5.25 Å². The minimum Gasteiger partial charge on any atom is -0.490 e. The fraction of sp³-hybridized carbons (Fsp3) is 0.185. The van der Waals surface area contributed by atoms with E-state index >= 15 is 0 Å². The molecule has 10 rings (SSSR count). The molecule has 0 bridgehead atoms. The van der Waals surface area contributed by atoms with Crippen molar-refractivity contribution in [3.63, 3.8) is 0 Å². The summed E-state index contributed by atoms with van der Waals surface area (Å²) in [6, 6.07) is 94.3. The van der Waals surface area contributed by atoms with E-state index in [1.165, 1.54) is 31.7 Å². The first-order chi connectivity index (χ1) is 51.9. The molecule has 0 N–H and O–H groups in total. The molecule has 0 fully saturated rings. The molecular formula is C92H104O15S4. The summed E-state index contributed by atoms with van der Waals surface area (Å²) in [7, 11) is 0. The number of carbonyl (C=O) groups is 5. The summed E-state index contributed by atoms with van der Waals surface area (Å²) < 4.78 is 54.2. The second-order valence-corrected chi connectivity index (χ2v) is 26.2. The maximum Gasteiger partial charge on any atom is 0.335 e. The van der Waals surface area contributed by atoms with E-state index in [-0.39, 0.29) is 86.9 Å². The lowest BCUT2D eigenvalue weighted by Gasteiger charge is -2.19. The van der Waals surface area contributed by atoms with E-state index < -0.39 is 30.1 Å². The Bertz CT molecular complexity index is 3810. The van der Waals surface area contributed by atoms with Crippen LogP contribution >= 0.6 is 47.0 Å². The number of hydrogen-bond acceptors (Lipinski definition) is 19. The van der Waals surface area contributed by atoms with Crippen molar-refractivity contribution in [2.75, 3.05) is 50.3 Å². The largest absolute Gasteiger partial charge is 0.490 e. The predicted octanol–water partition coefficient (Wildman–Crippen LogP) is 22.6. The lowest BCUT2D eigenvalue weighted by atomic mass is 10.3. The lowest BCUT2D eigenvalue weighted by molar-refractivity contribution is -0.146. The zero-order chi connectivity index (χ0) is 75.3. The van der Waals surface area contributed by atoms with Crippen molar-refractivity contribution in [1.82, 2.24) is 0 Å². The number of esters is 5. The maximum absolute atomic E-state index is 11.5. The molecule has 15 nitrogen and oxygen atoms in total. The molecule has 0 aliphatic carbocycles. The fourth-order valence-electron chi connectivity index (χ4n) is 8.33. The molecule has 111 heavy (non-hydrogen) atoms. The number of ether oxygens (including phenoxy) is 10. The number of carbonyl (C=O) groups excluding carboxylic acids is 5. The van der Waals surface area contributed by atoms with Crippen molar-refractivity contribution in [2.45, 2.75) is 80.3 Å². The van der Waals surface area contributed by atoms with Crippen molar-refractivity contribution in [3.8, 4) is 40.2 Å². The van der Waals surface area contributed by atoms with Gasteiger partial charge in [0.2, 0.25) is 0 Å². The van der Waals surface area contributed by atoms with Gasteiger partial charge in [0.25, 0.3) is 0 Å². The number of hydrogen-bond donors (Lipinski definition) is 0. The van der Waals surface area contributed by atoms with Crippen molar-refractivity contribution >= 4 is 76.9 Å². The van der Waals surface area contributed by atoms with Crippen LogP contribution in [0.15, 0.2) is 380 Å². The van der Waals surface area contributed by atoms with Crippen molar-refractivity contribution < 1.29 is 71.3 Å². The highest BCUT2D eigenvalue weighted by Crippen LogP contribution is 2.30. The zero-order valence-corrected chi connectivity index (χ0v) is 61.7. The quantitative estimate of drug-likeness (QED) is 0.0119. The van der Waals surface area contributed by atoms with Crippen molar-refractivity contribution in [3.05, 3.63) is 361 Å². The minimum absolute atomic E-state index is 0. The van der Waals surface area contributed by atoms with E-state index in [1.807, 2.05) is 224 Å². The molecular weight excluding hydrogens is 1470 g/mol. The molecule has 2 atom stereocenters. The number of para-hydroxylation sites is 5. The van der Waals surface area contributed by atoms with Crippen LogP contribution in [-0.4, -0.2) is 104 Å². The van der Waals surface area contributed by atoms with E-state index in [0.717, 1.165) is 47.0 Å². The summed E-state index contributed by atoms with van der Waals surface area (Å²) in [5.74, 6) is 4.86. The zero-order valence-electron chi connectivity index (χ0n) is 58.4. The van der Waals surface area contributed by atoms with Gasteiger partial charge in [0, 0.05) is 67.2 Å². The standard InChI is InChI=1S/2C18H18O4.2C18H18O2S2.C15H12O3.5CH4/c1-2-18(19)21-14-17(22-16-11-7-4-8-12-16)13-20-15-9-5-3-6-10-15;1-2-18(19)22-17(13-20-15-9-5-3-6-10-15)14-21-16-11-7-4-8-12-16;1-2-18(19)20-15(13-21-16-9-5-3-6-10-16)14-22-17-11-7-4-8-12-17;1-2-18(19)20-13-17(22-16-11-7-4-8-12-16)14-21-15-9-5-3-6-10-15;1-2-15(16)18-14-10-8-13(9-11-14)17-12-6-4-3-5-7-12;;;;;/h2*2-12,17H,1,13-14H2;2-12,15H,1,13-14H2;2-12,17H,1,13-14H2;2-11H,1H2;5*1H4. The molecule has 2 unspecified atom stereocenters. The molecule has 0 heterocycles. The third-order valence-corrected chi connectivity index (χ3v) is 18.3. The Morgan fingerprint density at radius 1 is 0.279 bits per heavy atom. The molecule has 0 saturated carbocycles. The highest BCUT2D eigenvalue weighted by molar-refractivity contribution is 8.03. The minimum atomic E-state index is -0.522. The Morgan fingerprint density at radius 2 is 0.568 bits per heavy atom. The molecule has 10 aromatic carbocycles. The van der Waals surface area contributed by atoms with Gasteiger partial charge in [-0.15, -0.1) is 47.0 Å². The summed E-state index contributed by atoms with van der Waals surface area (Å²) >= 11 is 6.88. The van der Waals surface area contributed by atoms with E-state index in [4.69, 9.17) is 47.4 Å². The third-order valence-electron chi connectivity index (χ3n) is 13.4. The number of rotatable bonds is 36. The van der Waals surface area contributed by atoms with Gasteiger partial charge < -0.3 is 47.4 Å². The van der Waals surface area contributed by atoms with Gasteiger partial charge in [-0.25, -0.2) is 24.0 Å². The van der Waals surface area contributed by atoms with Crippen LogP contribution in [0.4, 0.5) is 0 Å². The first-order valence-corrected chi connectivity index (χ1v) is 37.1. The van der Waals surface area contributed by atoms with Crippen LogP contribution in [0.1, 0.15) is 37.1 Å². The molecule has 0 amide bonds. The predicted molar refractivity (Wildman–Crippen MR) is 459 cm³/mol. The summed E-state index contributed by atoms with van der Waals surface area (Å²) in [6.45, 7) is 18.1. The summed E-state index contributed by atoms with van der Waals surface area (Å²) in [6.07, 6.45) is 4.70. The smallest absolute Gasteiger partial charge is 0.335 e. The van der Waals surface area contributed by atoms with Gasteiger partial charge in [-0.1, -0.05) is 234 Å². The Labute approximate surface area is 675 Å². The van der Waals surface area contributed by atoms with Gasteiger partial charge in [-0.05, 0) is 133 Å². The molecule has 0 saturated heterocycles. The normalized spacial score (nSPS) is 10.1. The number of benzene rings is 10. The first-order valence-electron chi connectivity index (χ1n) is 33.3. The van der Waals surface area contributed by atoms with Crippen LogP contribution in [-0.2, 0) is 42.9 Å². The third kappa shape index (κ3) is 44.0. The second-order valence-electron chi connectivity index (χ2n) is 21.6. The lowest BCUT2D eigenvalue weighted by Crippen LogP contribution is -2.31. The molecule has 0 spiro atoms. The molecule has 0 aliphatic rings. The second kappa shape index (κ2) is 60.5. The van der Waals surface area contributed by atoms with Gasteiger partial charge in [0.15, 0.2) is 12.2 Å². The van der Waals surface area contributed by atoms with Crippen LogP contribution in [0.3, 0.4) is 0 Å². The van der Waals surface area contributed by atoms with E-state index in [9.17, 15) is 24.0 Å². The monoisotopic (exact) mass is 1580 g/mol. The molecule has 0 aromatic heterocycles. The topological polar surface area (TPSA) is 178 Å². The first kappa shape index (κ1) is 97.7. The van der Waals surface area contributed by atoms with Gasteiger partial charge in [-0.2, -0.15) is 0 Å². The maximum atomic E-state index is 11.5. The van der Waals surface area contributed by atoms with Crippen LogP contribution in [0.2, 0.25) is 0 Å². The van der Waals surface area contributed by atoms with Gasteiger partial charge in [0.1, 0.15) is 79.4 Å². The Kier molecular flexibility index (Phi) is 53.3. The van der Waals surface area contributed by atoms with Crippen LogP contribution in [0.25, 0.3) is 0 Å². The van der Waals surface area contributed by atoms with E-state index in [1.54, 1.807) is 71.3 Å². The molecule has 0 radical (unpaired) electrons. The molecule has 10 aromatic rings. The SMILES string of the molecule is C.C.C.C.C.C=CC(=O)OC(COc1ccccc1)COc1ccccc1.C=CC(=O)OC(CSc1ccccc1)CSc1ccccc1.C=CC(=O)OCC(COc1ccccc1)Oc1ccccc1.C=CC(=O)OCC(CSc1ccccc1)Sc1ccccc1.C=CC(=O)Oc1ccc(Oc2ccccc2)cc1. The Morgan fingerprint density at radius 3 is 0.937 bits per heavy atom. The molecule has 19 heteroatoms. The summed E-state index contributed by atoms with van der Waals surface area (Å²) in [5, 5.41) is 0.191. The summed E-state index contributed by atoms with van der Waals surface area (Å²) in [4.78, 5) is 61.1. The van der Waals surface area contributed by atoms with Gasteiger partial charge >= 0.3 is 29.8 Å². The average Bonchev–Trinajstić information content (AvgIpc) is 0.894. The number of thioether (sulfide) groups is 4. The average molecular weight is 1580 g/mol. The Balaban J connectivity index is 0.000000687. The van der Waals surface area contributed by atoms with Crippen LogP contribution < -0.4 is 28.4 Å².